The lowest BCUT2D eigenvalue weighted by atomic mass is 10.1. The number of hydrogen-bond donors (Lipinski definition) is 0. The van der Waals surface area contributed by atoms with Gasteiger partial charge < -0.3 is 4.74 Å². The van der Waals surface area contributed by atoms with Crippen molar-refractivity contribution >= 4 is 29.0 Å². The van der Waals surface area contributed by atoms with Crippen LogP contribution in [0.4, 0.5) is 9.18 Å². The van der Waals surface area contributed by atoms with Crippen molar-refractivity contribution in [2.45, 2.75) is 6.61 Å². The number of hydrogen-bond acceptors (Lipinski definition) is 4. The minimum Gasteiger partial charge on any atom is -0.488 e. The molecule has 0 aromatic heterocycles. The molecule has 1 aliphatic heterocycles. The van der Waals surface area contributed by atoms with E-state index in [0.717, 1.165) is 16.7 Å². The SMILES string of the molecule is C#CCN1C(=O)S/C(=C/c2ccccc2OCc2ccccc2F)C1=O. The van der Waals surface area contributed by atoms with E-state index >= 15 is 0 Å². The van der Waals surface area contributed by atoms with Crippen LogP contribution in [0, 0.1) is 18.2 Å². The van der Waals surface area contributed by atoms with Crippen molar-refractivity contribution in [1.82, 2.24) is 4.90 Å². The van der Waals surface area contributed by atoms with E-state index < -0.39 is 11.1 Å². The molecular weight excluding hydrogens is 353 g/mol. The maximum atomic E-state index is 13.7. The normalized spacial score (nSPS) is 15.4. The third-order valence-corrected chi connectivity index (χ3v) is 4.58. The highest BCUT2D eigenvalue weighted by molar-refractivity contribution is 8.18. The van der Waals surface area contributed by atoms with E-state index in [1.165, 1.54) is 6.07 Å². The Kier molecular flexibility index (Phi) is 5.40. The van der Waals surface area contributed by atoms with Crippen molar-refractivity contribution < 1.29 is 18.7 Å². The molecule has 1 aliphatic rings. The van der Waals surface area contributed by atoms with Crippen LogP contribution in [0.15, 0.2) is 53.4 Å². The Morgan fingerprint density at radius 2 is 1.88 bits per heavy atom. The van der Waals surface area contributed by atoms with E-state index in [1.54, 1.807) is 48.5 Å². The number of carbonyl (C=O) groups excluding carboxylic acids is 2. The number of amides is 2. The Bertz CT molecular complexity index is 933. The molecule has 2 amide bonds. The van der Waals surface area contributed by atoms with Crippen LogP contribution in [0.25, 0.3) is 6.08 Å². The fraction of sp³-hybridized carbons (Fsp3) is 0.100. The summed E-state index contributed by atoms with van der Waals surface area (Å²) in [5, 5.41) is -0.399. The standard InChI is InChI=1S/C20H14FNO3S/c1-2-11-22-19(23)18(26-20(22)24)12-14-7-4-6-10-17(14)25-13-15-8-3-5-9-16(15)21/h1,3-10,12H,11,13H2/b18-12+. The van der Waals surface area contributed by atoms with Gasteiger partial charge in [0.05, 0.1) is 11.4 Å². The van der Waals surface area contributed by atoms with Crippen LogP contribution in [0.1, 0.15) is 11.1 Å². The number of ether oxygens (including phenoxy) is 1. The molecule has 0 atom stereocenters. The fourth-order valence-electron chi connectivity index (χ4n) is 2.37. The number of imide groups is 1. The smallest absolute Gasteiger partial charge is 0.294 e. The molecule has 0 spiro atoms. The van der Waals surface area contributed by atoms with Crippen molar-refractivity contribution in [3.05, 3.63) is 70.4 Å². The molecule has 4 nitrogen and oxygen atoms in total. The summed E-state index contributed by atoms with van der Waals surface area (Å²) in [6.07, 6.45) is 6.77. The Labute approximate surface area is 154 Å². The Morgan fingerprint density at radius 1 is 1.15 bits per heavy atom. The number of terminal acetylenes is 1. The zero-order chi connectivity index (χ0) is 18.5. The molecule has 6 heteroatoms. The van der Waals surface area contributed by atoms with Gasteiger partial charge in [-0.15, -0.1) is 6.42 Å². The highest BCUT2D eigenvalue weighted by atomic mass is 32.2. The lowest BCUT2D eigenvalue weighted by Gasteiger charge is -2.10. The van der Waals surface area contributed by atoms with E-state index in [0.29, 0.717) is 16.9 Å². The first-order chi connectivity index (χ1) is 12.6. The summed E-state index contributed by atoms with van der Waals surface area (Å²) in [5.41, 5.74) is 1.05. The van der Waals surface area contributed by atoms with Crippen LogP contribution in [0.3, 0.4) is 0 Å². The van der Waals surface area contributed by atoms with Gasteiger partial charge >= 0.3 is 0 Å². The molecule has 0 saturated carbocycles. The summed E-state index contributed by atoms with van der Waals surface area (Å²) in [7, 11) is 0. The van der Waals surface area contributed by atoms with Crippen LogP contribution in [-0.2, 0) is 11.4 Å². The van der Waals surface area contributed by atoms with E-state index in [2.05, 4.69) is 5.92 Å². The molecule has 1 heterocycles. The second-order valence-electron chi connectivity index (χ2n) is 5.39. The van der Waals surface area contributed by atoms with Crippen molar-refractivity contribution in [2.75, 3.05) is 6.54 Å². The molecule has 2 aromatic carbocycles. The van der Waals surface area contributed by atoms with Crippen LogP contribution < -0.4 is 4.74 Å². The van der Waals surface area contributed by atoms with Crippen LogP contribution >= 0.6 is 11.8 Å². The molecule has 0 bridgehead atoms. The number of thioether (sulfide) groups is 1. The van der Waals surface area contributed by atoms with E-state index in [9.17, 15) is 14.0 Å². The monoisotopic (exact) mass is 367 g/mol. The van der Waals surface area contributed by atoms with Gasteiger partial charge in [0.2, 0.25) is 0 Å². The number of benzene rings is 2. The molecule has 0 unspecified atom stereocenters. The fourth-order valence-corrected chi connectivity index (χ4v) is 3.20. The summed E-state index contributed by atoms with van der Waals surface area (Å²) < 4.78 is 19.4. The van der Waals surface area contributed by atoms with Crippen molar-refractivity contribution in [3.63, 3.8) is 0 Å². The Morgan fingerprint density at radius 3 is 2.65 bits per heavy atom. The first kappa shape index (κ1) is 17.8. The number of halogens is 1. The van der Waals surface area contributed by atoms with Crippen LogP contribution in [-0.4, -0.2) is 22.6 Å². The maximum Gasteiger partial charge on any atom is 0.294 e. The highest BCUT2D eigenvalue weighted by Crippen LogP contribution is 2.33. The molecule has 26 heavy (non-hydrogen) atoms. The Balaban J connectivity index is 1.82. The Hall–Kier alpha value is -3.04. The molecule has 0 aliphatic carbocycles. The minimum atomic E-state index is -0.429. The third kappa shape index (κ3) is 3.79. The number of nitrogens with zero attached hydrogens (tertiary/aromatic N) is 1. The quantitative estimate of drug-likeness (QED) is 0.590. The summed E-state index contributed by atoms with van der Waals surface area (Å²) in [6, 6.07) is 13.4. The lowest BCUT2D eigenvalue weighted by Crippen LogP contribution is -2.28. The van der Waals surface area contributed by atoms with Gasteiger partial charge in [0.25, 0.3) is 11.1 Å². The highest BCUT2D eigenvalue weighted by Gasteiger charge is 2.34. The second-order valence-corrected chi connectivity index (χ2v) is 6.38. The number of carbonyl (C=O) groups is 2. The van der Waals surface area contributed by atoms with Gasteiger partial charge in [-0.1, -0.05) is 42.3 Å². The maximum absolute atomic E-state index is 13.7. The predicted octanol–water partition coefficient (Wildman–Crippen LogP) is 4.07. The molecule has 1 saturated heterocycles. The molecule has 0 N–H and O–H groups in total. The minimum absolute atomic E-state index is 0.0517. The number of rotatable bonds is 5. The summed E-state index contributed by atoms with van der Waals surface area (Å²) in [6.45, 7) is -0.0104. The predicted molar refractivity (Wildman–Crippen MR) is 98.7 cm³/mol. The lowest BCUT2D eigenvalue weighted by molar-refractivity contribution is -0.122. The van der Waals surface area contributed by atoms with E-state index in [1.807, 2.05) is 0 Å². The zero-order valence-corrected chi connectivity index (χ0v) is 14.5. The van der Waals surface area contributed by atoms with Crippen molar-refractivity contribution in [2.24, 2.45) is 0 Å². The van der Waals surface area contributed by atoms with Crippen LogP contribution in [0.5, 0.6) is 5.75 Å². The van der Waals surface area contributed by atoms with Gasteiger partial charge in [-0.05, 0) is 30.0 Å². The third-order valence-electron chi connectivity index (χ3n) is 3.67. The average molecular weight is 367 g/mol. The molecule has 1 fully saturated rings. The summed E-state index contributed by atoms with van der Waals surface area (Å²) in [4.78, 5) is 25.4. The summed E-state index contributed by atoms with van der Waals surface area (Å²) in [5.74, 6) is 2.00. The van der Waals surface area contributed by atoms with Crippen molar-refractivity contribution in [1.29, 1.82) is 0 Å². The van der Waals surface area contributed by atoms with Crippen LogP contribution in [0.2, 0.25) is 0 Å². The molecule has 130 valence electrons. The summed E-state index contributed by atoms with van der Waals surface area (Å²) >= 11 is 0.830. The molecule has 0 radical (unpaired) electrons. The van der Waals surface area contributed by atoms with E-state index in [-0.39, 0.29) is 23.9 Å². The van der Waals surface area contributed by atoms with Gasteiger partial charge in [0.15, 0.2) is 0 Å². The largest absolute Gasteiger partial charge is 0.488 e. The number of para-hydroxylation sites is 1. The topological polar surface area (TPSA) is 46.6 Å². The average Bonchev–Trinajstić information content (AvgIpc) is 2.90. The molecule has 3 rings (SSSR count). The van der Waals surface area contributed by atoms with Gasteiger partial charge in [-0.3, -0.25) is 14.5 Å². The van der Waals surface area contributed by atoms with Crippen molar-refractivity contribution in [3.8, 4) is 18.1 Å². The second kappa shape index (κ2) is 7.89. The van der Waals surface area contributed by atoms with E-state index in [4.69, 9.17) is 11.2 Å². The zero-order valence-electron chi connectivity index (χ0n) is 13.6. The van der Waals surface area contributed by atoms with Gasteiger partial charge in [-0.25, -0.2) is 4.39 Å². The van der Waals surface area contributed by atoms with Gasteiger partial charge in [0, 0.05) is 11.1 Å². The molecular formula is C20H14FNO3S. The first-order valence-corrected chi connectivity index (χ1v) is 8.56. The first-order valence-electron chi connectivity index (χ1n) is 7.74. The molecule has 2 aromatic rings. The van der Waals surface area contributed by atoms with Gasteiger partial charge in [-0.2, -0.15) is 0 Å². The van der Waals surface area contributed by atoms with Gasteiger partial charge in [0.1, 0.15) is 18.2 Å².